The van der Waals surface area contributed by atoms with Crippen molar-refractivity contribution in [2.24, 2.45) is 5.10 Å². The maximum Gasteiger partial charge on any atom is 0.416 e. The van der Waals surface area contributed by atoms with E-state index in [0.717, 1.165) is 39.8 Å². The lowest BCUT2D eigenvalue weighted by Crippen LogP contribution is -2.28. The molecule has 3 rings (SSSR count). The van der Waals surface area contributed by atoms with Crippen molar-refractivity contribution in [3.8, 4) is 16.2 Å². The maximum atomic E-state index is 13.2. The second-order valence-electron chi connectivity index (χ2n) is 7.40. The normalized spacial score (nSPS) is 11.6. The van der Waals surface area contributed by atoms with Gasteiger partial charge in [-0.3, -0.25) is 14.4 Å². The number of aliphatic carboxylic acids is 1. The fourth-order valence-electron chi connectivity index (χ4n) is 3.07. The molecule has 0 fully saturated rings. The fraction of sp³-hybridized carbons (Fsp3) is 0.217. The molecule has 0 saturated carbocycles. The molecule has 0 bridgehead atoms. The average Bonchev–Trinajstić information content (AvgIpc) is 3.47. The standard InChI is InChI=1S/C23H20F3N3O5S2/c1-3-27-29(22(34)17-9-8-16(36-17)21(33)28(2)11-10-18(30)31)15-12-35-20(19(15)32)13-4-6-14(7-5-13)23(24,25)26/h3-9,12,32H,10-11H2,1-2H3,(H,30,31). The van der Waals surface area contributed by atoms with Crippen molar-refractivity contribution in [3.05, 3.63) is 57.1 Å². The van der Waals surface area contributed by atoms with Crippen LogP contribution < -0.4 is 5.01 Å². The van der Waals surface area contributed by atoms with Gasteiger partial charge in [0.15, 0.2) is 5.75 Å². The number of carboxylic acid groups (broad SMARTS) is 1. The van der Waals surface area contributed by atoms with Gasteiger partial charge < -0.3 is 15.1 Å². The molecule has 0 unspecified atom stereocenters. The van der Waals surface area contributed by atoms with E-state index in [1.54, 1.807) is 6.92 Å². The number of carbonyl (C=O) groups excluding carboxylic acids is 2. The Labute approximate surface area is 211 Å². The van der Waals surface area contributed by atoms with Crippen LogP contribution in [0.3, 0.4) is 0 Å². The SMILES string of the molecule is CC=NN(C(=O)c1ccc(C(=O)N(C)CCC(=O)O)s1)c1csc(-c2ccc(C(F)(F)F)cc2)c1O. The molecule has 0 aliphatic carbocycles. The van der Waals surface area contributed by atoms with Crippen LogP contribution in [0.5, 0.6) is 5.75 Å². The molecule has 0 atom stereocenters. The molecule has 1 aromatic carbocycles. The first-order chi connectivity index (χ1) is 16.9. The largest absolute Gasteiger partial charge is 0.504 e. The van der Waals surface area contributed by atoms with E-state index < -0.39 is 29.5 Å². The van der Waals surface area contributed by atoms with E-state index in [1.807, 2.05) is 0 Å². The predicted molar refractivity (Wildman–Crippen MR) is 131 cm³/mol. The molecular formula is C23H20F3N3O5S2. The van der Waals surface area contributed by atoms with Gasteiger partial charge in [0, 0.05) is 25.2 Å². The Morgan fingerprint density at radius 2 is 1.67 bits per heavy atom. The number of hydrogen-bond acceptors (Lipinski definition) is 7. The van der Waals surface area contributed by atoms with Crippen LogP contribution in [0.25, 0.3) is 10.4 Å². The quantitative estimate of drug-likeness (QED) is 0.294. The summed E-state index contributed by atoms with van der Waals surface area (Å²) in [7, 11) is 1.45. The number of benzene rings is 1. The van der Waals surface area contributed by atoms with Crippen molar-refractivity contribution in [1.29, 1.82) is 0 Å². The Morgan fingerprint density at radius 3 is 2.22 bits per heavy atom. The van der Waals surface area contributed by atoms with Crippen LogP contribution >= 0.6 is 22.7 Å². The predicted octanol–water partition coefficient (Wildman–Crippen LogP) is 5.40. The van der Waals surface area contributed by atoms with Crippen LogP contribution in [0, 0.1) is 0 Å². The summed E-state index contributed by atoms with van der Waals surface area (Å²) in [5.74, 6) is -2.47. The van der Waals surface area contributed by atoms with Crippen LogP contribution in [0.2, 0.25) is 0 Å². The number of carbonyl (C=O) groups is 3. The van der Waals surface area contributed by atoms with E-state index in [4.69, 9.17) is 5.11 Å². The number of thiophene rings is 2. The highest BCUT2D eigenvalue weighted by molar-refractivity contribution is 7.16. The highest BCUT2D eigenvalue weighted by Gasteiger charge is 2.31. The number of rotatable bonds is 8. The van der Waals surface area contributed by atoms with Gasteiger partial charge in [-0.2, -0.15) is 23.3 Å². The van der Waals surface area contributed by atoms with Crippen LogP contribution in [-0.2, 0) is 11.0 Å². The van der Waals surface area contributed by atoms with E-state index in [1.165, 1.54) is 47.8 Å². The Balaban J connectivity index is 1.86. The molecule has 0 radical (unpaired) electrons. The van der Waals surface area contributed by atoms with Gasteiger partial charge in [0.1, 0.15) is 5.69 Å². The molecule has 0 saturated heterocycles. The molecular weight excluding hydrogens is 519 g/mol. The fourth-order valence-corrected chi connectivity index (χ4v) is 4.93. The van der Waals surface area contributed by atoms with Crippen molar-refractivity contribution < 1.29 is 37.8 Å². The Bertz CT molecular complexity index is 1300. The number of alkyl halides is 3. The van der Waals surface area contributed by atoms with E-state index in [-0.39, 0.29) is 39.0 Å². The molecule has 0 aliphatic rings. The van der Waals surface area contributed by atoms with E-state index in [9.17, 15) is 32.7 Å². The third-order valence-corrected chi connectivity index (χ3v) is 6.97. The summed E-state index contributed by atoms with van der Waals surface area (Å²) in [6, 6.07) is 7.12. The molecule has 190 valence electrons. The van der Waals surface area contributed by atoms with Crippen molar-refractivity contribution in [2.45, 2.75) is 19.5 Å². The molecule has 2 aromatic heterocycles. The minimum Gasteiger partial charge on any atom is -0.504 e. The van der Waals surface area contributed by atoms with Gasteiger partial charge in [0.2, 0.25) is 0 Å². The summed E-state index contributed by atoms with van der Waals surface area (Å²) in [6.45, 7) is 1.55. The second-order valence-corrected chi connectivity index (χ2v) is 9.36. The van der Waals surface area contributed by atoms with Gasteiger partial charge >= 0.3 is 12.1 Å². The Kier molecular flexibility index (Phi) is 8.15. The van der Waals surface area contributed by atoms with Crippen LogP contribution in [-0.4, -0.2) is 52.7 Å². The zero-order valence-electron chi connectivity index (χ0n) is 18.9. The van der Waals surface area contributed by atoms with Crippen molar-refractivity contribution in [3.63, 3.8) is 0 Å². The first kappa shape index (κ1) is 26.9. The lowest BCUT2D eigenvalue weighted by Gasteiger charge is -2.16. The van der Waals surface area contributed by atoms with E-state index in [2.05, 4.69) is 5.10 Å². The van der Waals surface area contributed by atoms with Gasteiger partial charge in [-0.25, -0.2) is 0 Å². The van der Waals surface area contributed by atoms with E-state index in [0.29, 0.717) is 5.56 Å². The summed E-state index contributed by atoms with van der Waals surface area (Å²) >= 11 is 1.91. The molecule has 2 heterocycles. The summed E-state index contributed by atoms with van der Waals surface area (Å²) < 4.78 is 38.6. The Morgan fingerprint density at radius 1 is 1.06 bits per heavy atom. The van der Waals surface area contributed by atoms with Gasteiger partial charge in [0.05, 0.1) is 26.6 Å². The molecule has 13 heteroatoms. The third-order valence-electron chi connectivity index (χ3n) is 4.91. The number of carboxylic acids is 1. The van der Waals surface area contributed by atoms with Crippen LogP contribution in [0.1, 0.15) is 38.3 Å². The number of hydrogen-bond donors (Lipinski definition) is 2. The van der Waals surface area contributed by atoms with Gasteiger partial charge in [-0.15, -0.1) is 22.7 Å². The first-order valence-corrected chi connectivity index (χ1v) is 12.0. The minimum absolute atomic E-state index is 0.00287. The van der Waals surface area contributed by atoms with Crippen molar-refractivity contribution in [2.75, 3.05) is 18.6 Å². The van der Waals surface area contributed by atoms with Gasteiger partial charge in [-0.05, 0) is 36.8 Å². The number of aromatic hydroxyl groups is 1. The highest BCUT2D eigenvalue weighted by Crippen LogP contribution is 2.44. The smallest absolute Gasteiger partial charge is 0.416 e. The monoisotopic (exact) mass is 539 g/mol. The first-order valence-electron chi connectivity index (χ1n) is 10.3. The average molecular weight is 540 g/mol. The molecule has 3 aromatic rings. The number of hydrazone groups is 1. The van der Waals surface area contributed by atoms with Crippen LogP contribution in [0.4, 0.5) is 18.9 Å². The number of nitrogens with zero attached hydrogens (tertiary/aromatic N) is 3. The highest BCUT2D eigenvalue weighted by atomic mass is 32.1. The minimum atomic E-state index is -4.49. The van der Waals surface area contributed by atoms with Gasteiger partial charge in [0.25, 0.3) is 11.8 Å². The number of halogens is 3. The lowest BCUT2D eigenvalue weighted by atomic mass is 10.1. The number of amides is 2. The zero-order valence-corrected chi connectivity index (χ0v) is 20.6. The summed E-state index contributed by atoms with van der Waals surface area (Å²) in [4.78, 5) is 38.3. The molecule has 8 nitrogen and oxygen atoms in total. The summed E-state index contributed by atoms with van der Waals surface area (Å²) in [6.07, 6.45) is -3.39. The van der Waals surface area contributed by atoms with Crippen LogP contribution in [0.15, 0.2) is 46.9 Å². The zero-order chi connectivity index (χ0) is 26.6. The van der Waals surface area contributed by atoms with Crippen molar-refractivity contribution >= 4 is 52.4 Å². The summed E-state index contributed by atoms with van der Waals surface area (Å²) in [5.41, 5.74) is -0.470. The molecule has 2 amide bonds. The number of anilines is 1. The van der Waals surface area contributed by atoms with Gasteiger partial charge in [-0.1, -0.05) is 12.1 Å². The summed E-state index contributed by atoms with van der Waals surface area (Å²) in [5, 5.41) is 26.0. The maximum absolute atomic E-state index is 13.2. The Hall–Kier alpha value is -3.71. The molecule has 36 heavy (non-hydrogen) atoms. The van der Waals surface area contributed by atoms with Crippen molar-refractivity contribution in [1.82, 2.24) is 4.90 Å². The molecule has 0 aliphatic heterocycles. The molecule has 2 N–H and O–H groups in total. The van der Waals surface area contributed by atoms with E-state index >= 15 is 0 Å². The lowest BCUT2D eigenvalue weighted by molar-refractivity contribution is -0.138. The molecule has 0 spiro atoms. The third kappa shape index (κ3) is 5.91. The topological polar surface area (TPSA) is 111 Å². The second kappa shape index (κ2) is 10.9.